The Hall–Kier alpha value is -1.39. The van der Waals surface area contributed by atoms with E-state index in [1.807, 2.05) is 0 Å². The third-order valence-electron chi connectivity index (χ3n) is 4.04. The van der Waals surface area contributed by atoms with E-state index in [-0.39, 0.29) is 12.4 Å². The van der Waals surface area contributed by atoms with Crippen molar-refractivity contribution in [3.63, 3.8) is 0 Å². The number of nitrogens with zero attached hydrogens (tertiary/aromatic N) is 2. The van der Waals surface area contributed by atoms with E-state index in [0.29, 0.717) is 17.8 Å². The van der Waals surface area contributed by atoms with Crippen LogP contribution in [0.1, 0.15) is 44.1 Å². The molecule has 0 aliphatic carbocycles. The number of hydrogen-bond acceptors (Lipinski definition) is 4. The summed E-state index contributed by atoms with van der Waals surface area (Å²) in [7, 11) is 0. The van der Waals surface area contributed by atoms with E-state index in [0.717, 1.165) is 37.3 Å². The summed E-state index contributed by atoms with van der Waals surface area (Å²) in [6.45, 7) is 5.38. The van der Waals surface area contributed by atoms with Crippen molar-refractivity contribution in [3.8, 4) is 11.4 Å². The van der Waals surface area contributed by atoms with Crippen molar-refractivity contribution in [1.29, 1.82) is 0 Å². The minimum atomic E-state index is 0. The van der Waals surface area contributed by atoms with Crippen LogP contribution >= 0.6 is 12.4 Å². The fourth-order valence-corrected chi connectivity index (χ4v) is 2.76. The molecule has 3 rings (SSSR count). The predicted octanol–water partition coefficient (Wildman–Crippen LogP) is 3.58. The van der Waals surface area contributed by atoms with Crippen molar-refractivity contribution in [2.45, 2.75) is 45.1 Å². The van der Waals surface area contributed by atoms with Crippen LogP contribution in [-0.4, -0.2) is 22.7 Å². The molecule has 1 N–H and O–H groups in total. The zero-order chi connectivity index (χ0) is 13.9. The van der Waals surface area contributed by atoms with Crippen LogP contribution in [0, 0.1) is 0 Å². The predicted molar refractivity (Wildman–Crippen MR) is 85.8 cm³/mol. The maximum atomic E-state index is 5.47. The molecule has 0 radical (unpaired) electrons. The first-order chi connectivity index (χ1) is 9.76. The fraction of sp³-hybridized carbons (Fsp3) is 0.500. The highest BCUT2D eigenvalue weighted by Gasteiger charge is 2.25. The number of piperidine rings is 1. The molecular weight excluding hydrogens is 286 g/mol. The van der Waals surface area contributed by atoms with E-state index in [4.69, 9.17) is 4.52 Å². The minimum absolute atomic E-state index is 0. The highest BCUT2D eigenvalue weighted by atomic mass is 35.5. The van der Waals surface area contributed by atoms with Gasteiger partial charge in [0.1, 0.15) is 0 Å². The number of halogens is 1. The third-order valence-corrected chi connectivity index (χ3v) is 4.04. The summed E-state index contributed by atoms with van der Waals surface area (Å²) in [6.07, 6.45) is 3.18. The quantitative estimate of drug-likeness (QED) is 0.941. The first-order valence-corrected chi connectivity index (χ1v) is 7.42. The average molecular weight is 308 g/mol. The Morgan fingerprint density at radius 1 is 1.29 bits per heavy atom. The van der Waals surface area contributed by atoms with Crippen LogP contribution in [-0.2, 0) is 6.42 Å². The van der Waals surface area contributed by atoms with Crippen molar-refractivity contribution in [2.75, 3.05) is 6.54 Å². The molecule has 5 heteroatoms. The highest BCUT2D eigenvalue weighted by Crippen LogP contribution is 2.28. The Balaban J connectivity index is 0.00000161. The van der Waals surface area contributed by atoms with E-state index in [1.54, 1.807) is 0 Å². The first kappa shape index (κ1) is 16.0. The van der Waals surface area contributed by atoms with Crippen LogP contribution in [0.3, 0.4) is 0 Å². The van der Waals surface area contributed by atoms with Gasteiger partial charge in [0.15, 0.2) is 0 Å². The molecule has 4 nitrogen and oxygen atoms in total. The molecule has 0 unspecified atom stereocenters. The van der Waals surface area contributed by atoms with Crippen LogP contribution in [0.15, 0.2) is 28.8 Å². The lowest BCUT2D eigenvalue weighted by Crippen LogP contribution is -2.34. The maximum absolute atomic E-state index is 5.47. The molecule has 1 aromatic heterocycles. The van der Waals surface area contributed by atoms with Gasteiger partial charge in [-0.2, -0.15) is 4.98 Å². The van der Waals surface area contributed by atoms with E-state index in [2.05, 4.69) is 53.6 Å². The standard InChI is InChI=1S/C16H21N3O.ClH/c1-3-12-4-6-13(7-5-12)15-18-16(20-19-15)14-8-9-17-11(2)10-14;/h4-7,11,14,17H,3,8-10H2,1-2H3;1H/t11-,14-;/m0./s1. The minimum Gasteiger partial charge on any atom is -0.339 e. The van der Waals surface area contributed by atoms with E-state index < -0.39 is 0 Å². The van der Waals surface area contributed by atoms with Crippen LogP contribution < -0.4 is 5.32 Å². The zero-order valence-electron chi connectivity index (χ0n) is 12.5. The Bertz CT molecular complexity index is 567. The second-order valence-corrected chi connectivity index (χ2v) is 5.58. The number of rotatable bonds is 3. The number of hydrogen-bond donors (Lipinski definition) is 1. The second-order valence-electron chi connectivity index (χ2n) is 5.58. The summed E-state index contributed by atoms with van der Waals surface area (Å²) >= 11 is 0. The molecule has 114 valence electrons. The van der Waals surface area contributed by atoms with Gasteiger partial charge in [0, 0.05) is 17.5 Å². The third kappa shape index (κ3) is 3.63. The Morgan fingerprint density at radius 2 is 2.05 bits per heavy atom. The summed E-state index contributed by atoms with van der Waals surface area (Å²) in [4.78, 5) is 4.59. The van der Waals surface area contributed by atoms with E-state index >= 15 is 0 Å². The largest absolute Gasteiger partial charge is 0.339 e. The highest BCUT2D eigenvalue weighted by molar-refractivity contribution is 5.85. The van der Waals surface area contributed by atoms with Crippen molar-refractivity contribution >= 4 is 12.4 Å². The zero-order valence-corrected chi connectivity index (χ0v) is 13.3. The summed E-state index contributed by atoms with van der Waals surface area (Å²) in [5, 5.41) is 7.58. The molecule has 0 bridgehead atoms. The maximum Gasteiger partial charge on any atom is 0.230 e. The van der Waals surface area contributed by atoms with Gasteiger partial charge >= 0.3 is 0 Å². The van der Waals surface area contributed by atoms with Gasteiger partial charge in [0.25, 0.3) is 0 Å². The smallest absolute Gasteiger partial charge is 0.230 e. The number of aryl methyl sites for hydroxylation is 1. The monoisotopic (exact) mass is 307 g/mol. The summed E-state index contributed by atoms with van der Waals surface area (Å²) < 4.78 is 5.47. The van der Waals surface area contributed by atoms with Gasteiger partial charge in [-0.1, -0.05) is 36.3 Å². The molecule has 1 aliphatic heterocycles. The van der Waals surface area contributed by atoms with Crippen LogP contribution in [0.5, 0.6) is 0 Å². The average Bonchev–Trinajstić information content (AvgIpc) is 2.97. The van der Waals surface area contributed by atoms with Crippen LogP contribution in [0.4, 0.5) is 0 Å². The van der Waals surface area contributed by atoms with Gasteiger partial charge in [0.2, 0.25) is 11.7 Å². The molecule has 0 spiro atoms. The second kappa shape index (κ2) is 7.05. The Labute approximate surface area is 131 Å². The molecule has 1 fully saturated rings. The van der Waals surface area contributed by atoms with Gasteiger partial charge < -0.3 is 9.84 Å². The number of benzene rings is 1. The Morgan fingerprint density at radius 3 is 2.71 bits per heavy atom. The number of aromatic nitrogens is 2. The van der Waals surface area contributed by atoms with Crippen LogP contribution in [0.25, 0.3) is 11.4 Å². The first-order valence-electron chi connectivity index (χ1n) is 7.42. The lowest BCUT2D eigenvalue weighted by Gasteiger charge is -2.25. The summed E-state index contributed by atoms with van der Waals surface area (Å²) in [6, 6.07) is 8.90. The van der Waals surface area contributed by atoms with E-state index in [9.17, 15) is 0 Å². The van der Waals surface area contributed by atoms with Gasteiger partial charge in [0.05, 0.1) is 0 Å². The van der Waals surface area contributed by atoms with Gasteiger partial charge in [-0.3, -0.25) is 0 Å². The van der Waals surface area contributed by atoms with Gasteiger partial charge in [-0.25, -0.2) is 0 Å². The molecular formula is C16H22ClN3O. The van der Waals surface area contributed by atoms with Crippen molar-refractivity contribution in [2.24, 2.45) is 0 Å². The van der Waals surface area contributed by atoms with Gasteiger partial charge in [-0.15, -0.1) is 12.4 Å². The molecule has 0 saturated carbocycles. The van der Waals surface area contributed by atoms with Crippen LogP contribution in [0.2, 0.25) is 0 Å². The lowest BCUT2D eigenvalue weighted by atomic mass is 9.93. The molecule has 0 amide bonds. The number of nitrogens with one attached hydrogen (secondary N) is 1. The summed E-state index contributed by atoms with van der Waals surface area (Å²) in [5.74, 6) is 1.88. The van der Waals surface area contributed by atoms with Crippen molar-refractivity contribution < 1.29 is 4.52 Å². The molecule has 2 heterocycles. The van der Waals surface area contributed by atoms with Gasteiger partial charge in [-0.05, 0) is 38.3 Å². The molecule has 2 aromatic rings. The molecule has 21 heavy (non-hydrogen) atoms. The fourth-order valence-electron chi connectivity index (χ4n) is 2.76. The van der Waals surface area contributed by atoms with Crippen molar-refractivity contribution in [1.82, 2.24) is 15.5 Å². The van der Waals surface area contributed by atoms with Crippen molar-refractivity contribution in [3.05, 3.63) is 35.7 Å². The molecule has 1 aromatic carbocycles. The normalized spacial score (nSPS) is 21.8. The molecule has 1 aliphatic rings. The molecule has 1 saturated heterocycles. The topological polar surface area (TPSA) is 51.0 Å². The Kier molecular flexibility index (Phi) is 5.37. The lowest BCUT2D eigenvalue weighted by molar-refractivity contribution is 0.295. The summed E-state index contributed by atoms with van der Waals surface area (Å²) in [5.41, 5.74) is 2.35. The SMILES string of the molecule is CCc1ccc(-c2noc([C@H]3CCN[C@@H](C)C3)n2)cc1.Cl. The van der Waals surface area contributed by atoms with E-state index in [1.165, 1.54) is 5.56 Å². The molecule has 2 atom stereocenters.